The van der Waals surface area contributed by atoms with Crippen LogP contribution in [0.5, 0.6) is 0 Å². The summed E-state index contributed by atoms with van der Waals surface area (Å²) in [5, 5.41) is 0. The number of carbonyl (C=O) groups is 3. The molecule has 3 heterocycles. The number of esters is 1. The van der Waals surface area contributed by atoms with Crippen molar-refractivity contribution < 1.29 is 28.2 Å². The smallest absolute Gasteiger partial charge is 0.321 e. The molecule has 1 amide bonds. The Morgan fingerprint density at radius 1 is 1.20 bits per heavy atom. The van der Waals surface area contributed by atoms with Crippen LogP contribution in [0.15, 0.2) is 24.3 Å². The third-order valence-electron chi connectivity index (χ3n) is 6.75. The molecule has 3 atom stereocenters. The molecule has 0 N–H and O–H groups in total. The van der Waals surface area contributed by atoms with Crippen LogP contribution >= 0.6 is 0 Å². The number of halogens is 1. The predicted molar refractivity (Wildman–Crippen MR) is 105 cm³/mol. The number of ketones is 1. The van der Waals surface area contributed by atoms with Crippen LogP contribution in [0.3, 0.4) is 0 Å². The molecule has 8 heteroatoms. The van der Waals surface area contributed by atoms with Gasteiger partial charge in [-0.05, 0) is 30.5 Å². The zero-order valence-corrected chi connectivity index (χ0v) is 17.1. The molecule has 0 spiro atoms. The molecule has 3 saturated heterocycles. The highest BCUT2D eigenvalue weighted by molar-refractivity contribution is 6.08. The molecule has 162 valence electrons. The maximum Gasteiger partial charge on any atom is 0.321 e. The Bertz CT molecular complexity index is 823. The van der Waals surface area contributed by atoms with Crippen LogP contribution in [0.2, 0.25) is 0 Å². The fourth-order valence-electron chi connectivity index (χ4n) is 5.19. The number of ether oxygens (including phenoxy) is 2. The minimum Gasteiger partial charge on any atom is -0.468 e. The van der Waals surface area contributed by atoms with E-state index in [4.69, 9.17) is 9.47 Å². The molecule has 3 aliphatic rings. The molecule has 0 radical (unpaired) electrons. The van der Waals surface area contributed by atoms with Gasteiger partial charge in [0.15, 0.2) is 11.2 Å². The SMILES string of the molecule is COC(=O)[C@@]1(CC(=O)N2CCOCC2)C(=O)C[C@H]2CC[C@@H]1N2Cc1ccc(F)cc1. The summed E-state index contributed by atoms with van der Waals surface area (Å²) in [4.78, 5) is 43.2. The second-order valence-electron chi connectivity index (χ2n) is 8.31. The number of hydrogen-bond donors (Lipinski definition) is 0. The van der Waals surface area contributed by atoms with Crippen LogP contribution in [0.4, 0.5) is 4.39 Å². The highest BCUT2D eigenvalue weighted by Gasteiger charge is 2.62. The van der Waals surface area contributed by atoms with Gasteiger partial charge < -0.3 is 14.4 Å². The van der Waals surface area contributed by atoms with Gasteiger partial charge in [-0.2, -0.15) is 0 Å². The van der Waals surface area contributed by atoms with Crippen LogP contribution in [-0.2, 0) is 30.4 Å². The van der Waals surface area contributed by atoms with E-state index in [9.17, 15) is 18.8 Å². The predicted octanol–water partition coefficient (Wildman–Crippen LogP) is 1.54. The number of fused-ring (bicyclic) bond motifs is 2. The number of benzene rings is 1. The highest BCUT2D eigenvalue weighted by atomic mass is 19.1. The largest absolute Gasteiger partial charge is 0.468 e. The third kappa shape index (κ3) is 3.63. The average molecular weight is 418 g/mol. The van der Waals surface area contributed by atoms with Gasteiger partial charge >= 0.3 is 5.97 Å². The van der Waals surface area contributed by atoms with Crippen LogP contribution in [0.1, 0.15) is 31.2 Å². The molecule has 3 fully saturated rings. The zero-order chi connectivity index (χ0) is 21.3. The molecular weight excluding hydrogens is 391 g/mol. The Morgan fingerprint density at radius 3 is 2.57 bits per heavy atom. The minimum atomic E-state index is -1.50. The summed E-state index contributed by atoms with van der Waals surface area (Å²) in [6.07, 6.45) is 1.45. The van der Waals surface area contributed by atoms with Crippen LogP contribution in [0, 0.1) is 11.2 Å². The zero-order valence-electron chi connectivity index (χ0n) is 17.1. The second-order valence-corrected chi connectivity index (χ2v) is 8.31. The molecule has 0 aromatic heterocycles. The lowest BCUT2D eigenvalue weighted by Crippen LogP contribution is -2.61. The van der Waals surface area contributed by atoms with E-state index < -0.39 is 17.4 Å². The van der Waals surface area contributed by atoms with Crippen molar-refractivity contribution in [3.63, 3.8) is 0 Å². The first-order valence-electron chi connectivity index (χ1n) is 10.4. The Kier molecular flexibility index (Phi) is 5.88. The first kappa shape index (κ1) is 20.9. The van der Waals surface area contributed by atoms with E-state index in [0.29, 0.717) is 39.3 Å². The molecule has 0 aliphatic carbocycles. The number of Topliss-reactive ketones (excluding diaryl/α,β-unsaturated/α-hetero) is 1. The van der Waals surface area contributed by atoms with E-state index in [0.717, 1.165) is 12.0 Å². The second kappa shape index (κ2) is 8.43. The summed E-state index contributed by atoms with van der Waals surface area (Å²) >= 11 is 0. The topological polar surface area (TPSA) is 76.1 Å². The van der Waals surface area contributed by atoms with E-state index in [-0.39, 0.29) is 36.4 Å². The van der Waals surface area contributed by atoms with Gasteiger partial charge in [0.05, 0.1) is 26.7 Å². The fourth-order valence-corrected chi connectivity index (χ4v) is 5.19. The molecule has 2 bridgehead atoms. The number of morpholine rings is 1. The minimum absolute atomic E-state index is 0.0174. The van der Waals surface area contributed by atoms with Crippen molar-refractivity contribution in [3.05, 3.63) is 35.6 Å². The van der Waals surface area contributed by atoms with Crippen molar-refractivity contribution >= 4 is 17.7 Å². The quantitative estimate of drug-likeness (QED) is 0.533. The molecule has 1 aromatic carbocycles. The van der Waals surface area contributed by atoms with Crippen molar-refractivity contribution in [1.82, 2.24) is 9.80 Å². The van der Waals surface area contributed by atoms with Crippen molar-refractivity contribution in [2.45, 2.75) is 44.3 Å². The normalized spacial score (nSPS) is 29.1. The van der Waals surface area contributed by atoms with Gasteiger partial charge in [0.1, 0.15) is 5.82 Å². The van der Waals surface area contributed by atoms with E-state index >= 15 is 0 Å². The fraction of sp³-hybridized carbons (Fsp3) is 0.591. The van der Waals surface area contributed by atoms with Gasteiger partial charge in [-0.3, -0.25) is 19.3 Å². The number of rotatable bonds is 5. The van der Waals surface area contributed by atoms with Crippen molar-refractivity contribution in [1.29, 1.82) is 0 Å². The van der Waals surface area contributed by atoms with Crippen LogP contribution < -0.4 is 0 Å². The summed E-state index contributed by atoms with van der Waals surface area (Å²) in [5.41, 5.74) is -0.599. The highest BCUT2D eigenvalue weighted by Crippen LogP contribution is 2.48. The number of carbonyl (C=O) groups excluding carboxylic acids is 3. The van der Waals surface area contributed by atoms with Gasteiger partial charge in [0, 0.05) is 38.1 Å². The maximum atomic E-state index is 13.3. The molecule has 30 heavy (non-hydrogen) atoms. The third-order valence-corrected chi connectivity index (χ3v) is 6.75. The molecule has 0 unspecified atom stereocenters. The standard InChI is InChI=1S/C22H27FN2O5/c1-29-21(28)22(13-20(27)24-8-10-30-11-9-24)18-7-6-17(12-19(22)26)25(18)14-15-2-4-16(23)5-3-15/h2-5,17-18H,6-14H2,1H3/t17-,18+,22-/m1/s1. The lowest BCUT2D eigenvalue weighted by molar-refractivity contribution is -0.171. The van der Waals surface area contributed by atoms with E-state index in [1.807, 2.05) is 0 Å². The van der Waals surface area contributed by atoms with Crippen molar-refractivity contribution in [2.75, 3.05) is 33.4 Å². The van der Waals surface area contributed by atoms with E-state index in [1.165, 1.54) is 19.2 Å². The first-order valence-corrected chi connectivity index (χ1v) is 10.4. The molecular formula is C22H27FN2O5. The van der Waals surface area contributed by atoms with E-state index in [1.54, 1.807) is 17.0 Å². The lowest BCUT2D eigenvalue weighted by atomic mass is 9.69. The number of methoxy groups -OCH3 is 1. The molecule has 7 nitrogen and oxygen atoms in total. The first-order chi connectivity index (χ1) is 14.5. The van der Waals surface area contributed by atoms with Crippen molar-refractivity contribution in [3.8, 4) is 0 Å². The van der Waals surface area contributed by atoms with Gasteiger partial charge in [0.2, 0.25) is 5.91 Å². The number of nitrogens with zero attached hydrogens (tertiary/aromatic N) is 2. The number of amides is 1. The summed E-state index contributed by atoms with van der Waals surface area (Å²) in [5.74, 6) is -1.37. The summed E-state index contributed by atoms with van der Waals surface area (Å²) < 4.78 is 23.7. The van der Waals surface area contributed by atoms with Gasteiger partial charge in [0.25, 0.3) is 0 Å². The van der Waals surface area contributed by atoms with Gasteiger partial charge in [-0.15, -0.1) is 0 Å². The van der Waals surface area contributed by atoms with Crippen molar-refractivity contribution in [2.24, 2.45) is 5.41 Å². The average Bonchev–Trinajstić information content (AvgIpc) is 3.08. The summed E-state index contributed by atoms with van der Waals surface area (Å²) in [6.45, 7) is 2.31. The van der Waals surface area contributed by atoms with E-state index in [2.05, 4.69) is 4.90 Å². The monoisotopic (exact) mass is 418 g/mol. The molecule has 3 aliphatic heterocycles. The Balaban J connectivity index is 1.63. The Morgan fingerprint density at radius 2 is 1.90 bits per heavy atom. The summed E-state index contributed by atoms with van der Waals surface area (Å²) in [7, 11) is 1.27. The maximum absolute atomic E-state index is 13.3. The molecule has 4 rings (SSSR count). The van der Waals surface area contributed by atoms with Crippen LogP contribution in [0.25, 0.3) is 0 Å². The lowest BCUT2D eigenvalue weighted by Gasteiger charge is -2.46. The molecule has 0 saturated carbocycles. The Labute approximate surface area is 175 Å². The van der Waals surface area contributed by atoms with Crippen LogP contribution in [-0.4, -0.2) is 73.0 Å². The Hall–Kier alpha value is -2.32. The van der Waals surface area contributed by atoms with Gasteiger partial charge in [-0.25, -0.2) is 4.39 Å². The van der Waals surface area contributed by atoms with Gasteiger partial charge in [-0.1, -0.05) is 12.1 Å². The molecule has 1 aromatic rings. The number of piperidine rings is 1. The summed E-state index contributed by atoms with van der Waals surface area (Å²) in [6, 6.07) is 5.84. The number of hydrogen-bond acceptors (Lipinski definition) is 6.